The van der Waals surface area contributed by atoms with E-state index in [0.717, 1.165) is 87.8 Å². The molecule has 2 amide bonds. The molecule has 1 aliphatic carbocycles. The number of ether oxygens (including phenoxy) is 1. The van der Waals surface area contributed by atoms with Crippen LogP contribution < -0.4 is 0 Å². The zero-order valence-corrected chi connectivity index (χ0v) is 29.6. The summed E-state index contributed by atoms with van der Waals surface area (Å²) in [6.45, 7) is 10.9. The van der Waals surface area contributed by atoms with Gasteiger partial charge in [-0.15, -0.1) is 0 Å². The number of hydrogen-bond donors (Lipinski definition) is 0. The van der Waals surface area contributed by atoms with Gasteiger partial charge in [0.25, 0.3) is 5.91 Å². The van der Waals surface area contributed by atoms with Gasteiger partial charge >= 0.3 is 6.09 Å². The summed E-state index contributed by atoms with van der Waals surface area (Å²) in [6, 6.07) is 13.6. The standard InChI is InChI=1S/C39H54FN5O3/c1-39(2,3)48-38(47)42(4)20-18-33-11-8-9-19-45(33)34-26-44(27-34)21-17-31(29-13-15-32(40)16-14-29)25-43(5)37(46)36-23-28(24-41)22-30-10-6-7-12-35(30)36/h13-16,22-23,31,33-34H,6-12,17-21,25-27H2,1-5H3/t31-,33?/m1/s1. The normalized spacial score (nSPS) is 19.5. The zero-order valence-electron chi connectivity index (χ0n) is 29.6. The third-order valence-electron chi connectivity index (χ3n) is 10.4. The molecular weight excluding hydrogens is 605 g/mol. The fraction of sp³-hybridized carbons (Fsp3) is 0.615. The monoisotopic (exact) mass is 659 g/mol. The number of halogens is 1. The molecule has 0 N–H and O–H groups in total. The van der Waals surface area contributed by atoms with Crippen molar-refractivity contribution in [1.29, 1.82) is 5.26 Å². The van der Waals surface area contributed by atoms with E-state index in [-0.39, 0.29) is 23.7 Å². The summed E-state index contributed by atoms with van der Waals surface area (Å²) in [6.07, 6.45) is 9.04. The molecule has 0 aromatic heterocycles. The highest BCUT2D eigenvalue weighted by atomic mass is 19.1. The molecule has 0 radical (unpaired) electrons. The number of nitriles is 1. The van der Waals surface area contributed by atoms with Crippen molar-refractivity contribution in [2.75, 3.05) is 53.4 Å². The number of aryl methyl sites for hydroxylation is 1. The van der Waals surface area contributed by atoms with Crippen molar-refractivity contribution in [3.05, 3.63) is 70.0 Å². The number of hydrogen-bond acceptors (Lipinski definition) is 6. The van der Waals surface area contributed by atoms with Gasteiger partial charge in [0.1, 0.15) is 11.4 Å². The molecule has 0 spiro atoms. The van der Waals surface area contributed by atoms with E-state index in [0.29, 0.717) is 36.3 Å². The predicted molar refractivity (Wildman–Crippen MR) is 187 cm³/mol. The molecule has 0 saturated carbocycles. The summed E-state index contributed by atoms with van der Waals surface area (Å²) in [7, 11) is 3.68. The molecule has 2 heterocycles. The molecular formula is C39H54FN5O3. The lowest BCUT2D eigenvalue weighted by Gasteiger charge is -2.50. The highest BCUT2D eigenvalue weighted by molar-refractivity contribution is 5.96. The van der Waals surface area contributed by atoms with Crippen molar-refractivity contribution in [3.8, 4) is 6.07 Å². The maximum atomic E-state index is 13.9. The SMILES string of the molecule is CN(CCC1CCCCN1C1CN(CC[C@H](CN(C)C(=O)c2cc(C#N)cc3c2CCCC3)c2ccc(F)cc2)C1)C(=O)OC(C)(C)C. The Morgan fingerprint density at radius 3 is 2.48 bits per heavy atom. The van der Waals surface area contributed by atoms with Crippen LogP contribution in [0.2, 0.25) is 0 Å². The summed E-state index contributed by atoms with van der Waals surface area (Å²) < 4.78 is 19.4. The highest BCUT2D eigenvalue weighted by Crippen LogP contribution is 2.31. The van der Waals surface area contributed by atoms with Gasteiger partial charge < -0.3 is 19.4 Å². The summed E-state index contributed by atoms with van der Waals surface area (Å²) in [5, 5.41) is 9.64. The second-order valence-electron chi connectivity index (χ2n) is 15.2. The molecule has 5 rings (SSSR count). The van der Waals surface area contributed by atoms with Crippen LogP contribution in [0, 0.1) is 17.1 Å². The first kappa shape index (κ1) is 35.8. The minimum atomic E-state index is -0.498. The van der Waals surface area contributed by atoms with Gasteiger partial charge in [-0.05, 0) is 126 Å². The summed E-state index contributed by atoms with van der Waals surface area (Å²) in [5.41, 5.74) is 3.96. The van der Waals surface area contributed by atoms with Gasteiger partial charge in [-0.3, -0.25) is 9.69 Å². The van der Waals surface area contributed by atoms with Crippen molar-refractivity contribution in [3.63, 3.8) is 0 Å². The van der Waals surface area contributed by atoms with Crippen molar-refractivity contribution < 1.29 is 18.7 Å². The average molecular weight is 660 g/mol. The molecule has 8 nitrogen and oxygen atoms in total. The van der Waals surface area contributed by atoms with E-state index in [1.807, 2.05) is 53.1 Å². The quantitative estimate of drug-likeness (QED) is 0.270. The number of rotatable bonds is 11. The topological polar surface area (TPSA) is 80.1 Å². The summed E-state index contributed by atoms with van der Waals surface area (Å²) >= 11 is 0. The fourth-order valence-electron chi connectivity index (χ4n) is 7.70. The van der Waals surface area contributed by atoms with E-state index in [2.05, 4.69) is 15.9 Å². The van der Waals surface area contributed by atoms with Gasteiger partial charge in [0.15, 0.2) is 0 Å². The van der Waals surface area contributed by atoms with Crippen LogP contribution in [0.15, 0.2) is 36.4 Å². The van der Waals surface area contributed by atoms with Crippen LogP contribution in [0.3, 0.4) is 0 Å². The molecule has 260 valence electrons. The second-order valence-corrected chi connectivity index (χ2v) is 15.2. The van der Waals surface area contributed by atoms with Crippen LogP contribution in [0.25, 0.3) is 0 Å². The minimum Gasteiger partial charge on any atom is -0.444 e. The fourth-order valence-corrected chi connectivity index (χ4v) is 7.70. The van der Waals surface area contributed by atoms with Gasteiger partial charge in [0.05, 0.1) is 11.6 Å². The number of benzene rings is 2. The van der Waals surface area contributed by atoms with Gasteiger partial charge in [-0.25, -0.2) is 9.18 Å². The maximum absolute atomic E-state index is 13.9. The van der Waals surface area contributed by atoms with Crippen LogP contribution in [0.1, 0.15) is 104 Å². The van der Waals surface area contributed by atoms with Crippen molar-refractivity contribution >= 4 is 12.0 Å². The Hall–Kier alpha value is -3.48. The molecule has 2 fully saturated rings. The van der Waals surface area contributed by atoms with Crippen LogP contribution in [-0.2, 0) is 17.6 Å². The predicted octanol–water partition coefficient (Wildman–Crippen LogP) is 6.62. The molecule has 1 unspecified atom stereocenters. The number of likely N-dealkylation sites (N-methyl/N-ethyl adjacent to an activating group) is 1. The molecule has 0 bridgehead atoms. The first-order valence-corrected chi connectivity index (χ1v) is 17.9. The third-order valence-corrected chi connectivity index (χ3v) is 10.4. The van der Waals surface area contributed by atoms with Crippen molar-refractivity contribution in [2.45, 2.75) is 102 Å². The largest absolute Gasteiger partial charge is 0.444 e. The van der Waals surface area contributed by atoms with Crippen LogP contribution in [-0.4, -0.2) is 103 Å². The summed E-state index contributed by atoms with van der Waals surface area (Å²) in [5.74, 6) is -0.254. The maximum Gasteiger partial charge on any atom is 0.410 e. The first-order valence-electron chi connectivity index (χ1n) is 17.9. The molecule has 48 heavy (non-hydrogen) atoms. The van der Waals surface area contributed by atoms with Crippen molar-refractivity contribution in [2.24, 2.45) is 0 Å². The number of nitrogens with zero attached hydrogens (tertiary/aromatic N) is 5. The summed E-state index contributed by atoms with van der Waals surface area (Å²) in [4.78, 5) is 35.0. The second kappa shape index (κ2) is 15.8. The smallest absolute Gasteiger partial charge is 0.410 e. The van der Waals surface area contributed by atoms with E-state index in [1.54, 1.807) is 15.9 Å². The Labute approximate surface area is 286 Å². The Morgan fingerprint density at radius 1 is 1.04 bits per heavy atom. The number of fused-ring (bicyclic) bond motifs is 1. The molecule has 2 aromatic carbocycles. The minimum absolute atomic E-state index is 0.0465. The van der Waals surface area contributed by atoms with Crippen LogP contribution >= 0.6 is 0 Å². The van der Waals surface area contributed by atoms with E-state index in [4.69, 9.17) is 4.74 Å². The van der Waals surface area contributed by atoms with E-state index >= 15 is 0 Å². The third kappa shape index (κ3) is 9.15. The van der Waals surface area contributed by atoms with Gasteiger partial charge in [-0.1, -0.05) is 18.6 Å². The van der Waals surface area contributed by atoms with Gasteiger partial charge in [0, 0.05) is 63.8 Å². The molecule has 2 aromatic rings. The lowest BCUT2D eigenvalue weighted by molar-refractivity contribution is -0.0140. The van der Waals surface area contributed by atoms with Crippen molar-refractivity contribution in [1.82, 2.24) is 19.6 Å². The van der Waals surface area contributed by atoms with Gasteiger partial charge in [-0.2, -0.15) is 5.26 Å². The van der Waals surface area contributed by atoms with E-state index < -0.39 is 5.60 Å². The van der Waals surface area contributed by atoms with E-state index in [9.17, 15) is 19.2 Å². The number of piperidine rings is 1. The lowest BCUT2D eigenvalue weighted by Crippen LogP contribution is -2.63. The number of carbonyl (C=O) groups is 2. The Balaban J connectivity index is 1.18. The lowest BCUT2D eigenvalue weighted by atomic mass is 9.86. The number of likely N-dealkylation sites (tertiary alicyclic amines) is 2. The molecule has 2 atom stereocenters. The Kier molecular flexibility index (Phi) is 11.8. The number of carbonyl (C=O) groups excluding carboxylic acids is 2. The molecule has 9 heteroatoms. The number of amides is 2. The van der Waals surface area contributed by atoms with E-state index in [1.165, 1.54) is 25.0 Å². The first-order chi connectivity index (χ1) is 22.9. The van der Waals surface area contributed by atoms with Crippen LogP contribution in [0.5, 0.6) is 0 Å². The Morgan fingerprint density at radius 2 is 1.77 bits per heavy atom. The molecule has 2 aliphatic heterocycles. The van der Waals surface area contributed by atoms with Crippen LogP contribution in [0.4, 0.5) is 9.18 Å². The highest BCUT2D eigenvalue weighted by Gasteiger charge is 2.37. The molecule has 3 aliphatic rings. The molecule has 2 saturated heterocycles. The average Bonchev–Trinajstić information content (AvgIpc) is 3.05. The Bertz CT molecular complexity index is 1460. The zero-order chi connectivity index (χ0) is 34.4. The van der Waals surface area contributed by atoms with Gasteiger partial charge in [0.2, 0.25) is 0 Å².